The Kier molecular flexibility index (Phi) is 8.05. The largest absolute Gasteiger partial charge is 3.00 e. The van der Waals surface area contributed by atoms with Crippen LogP contribution in [0.5, 0.6) is 0 Å². The van der Waals surface area contributed by atoms with Gasteiger partial charge in [0.1, 0.15) is 0 Å². The Morgan fingerprint density at radius 2 is 1.58 bits per heavy atom. The second-order valence-corrected chi connectivity index (χ2v) is 12.9. The normalized spacial score (nSPS) is 13.2. The zero-order valence-electron chi connectivity index (χ0n) is 28.5. The molecule has 1 N–H and O–H groups in total. The van der Waals surface area contributed by atoms with Crippen molar-refractivity contribution >= 4 is 49.7 Å². The van der Waals surface area contributed by atoms with Crippen LogP contribution in [0.1, 0.15) is 30.5 Å². The predicted molar refractivity (Wildman–Crippen MR) is 199 cm³/mol. The van der Waals surface area contributed by atoms with Gasteiger partial charge in [0.25, 0.3) is 0 Å². The quantitative estimate of drug-likeness (QED) is 0.110. The van der Waals surface area contributed by atoms with E-state index in [9.17, 15) is 0 Å². The molecule has 0 fully saturated rings. The molecular formula is C43H36IrN6+. The van der Waals surface area contributed by atoms with Crippen molar-refractivity contribution in [3.63, 3.8) is 0 Å². The number of aromatic amines is 1. The maximum atomic E-state index is 5.19. The van der Waals surface area contributed by atoms with Crippen LogP contribution in [0.2, 0.25) is 0 Å². The number of aryl methyl sites for hydroxylation is 3. The molecule has 0 atom stereocenters. The van der Waals surface area contributed by atoms with Gasteiger partial charge < -0.3 is 14.2 Å². The Hall–Kier alpha value is -5.23. The van der Waals surface area contributed by atoms with E-state index in [0.29, 0.717) is 0 Å². The topological polar surface area (TPSA) is 43.5 Å². The van der Waals surface area contributed by atoms with Gasteiger partial charge >= 0.3 is 20.1 Å². The maximum absolute atomic E-state index is 5.19. The zero-order valence-corrected chi connectivity index (χ0v) is 30.8. The van der Waals surface area contributed by atoms with Gasteiger partial charge in [-0.1, -0.05) is 72.9 Å². The SMILES string of the molecule is CCc1cccc(CC)c1-c1cn2c3cc4c(cc3c3ccc[c-]c3c2n1)[nH]c[n+]4C.CN1C=C2c3ccccc3-c3ccc[c-]c3N2[CH-]1.[Ir+3]. The molecule has 8 aromatic rings. The Morgan fingerprint density at radius 3 is 2.38 bits per heavy atom. The van der Waals surface area contributed by atoms with Crippen molar-refractivity contribution in [1.82, 2.24) is 19.3 Å². The first-order chi connectivity index (χ1) is 24.0. The molecule has 0 saturated carbocycles. The minimum atomic E-state index is 0. The van der Waals surface area contributed by atoms with E-state index in [1.165, 1.54) is 55.4 Å². The predicted octanol–water partition coefficient (Wildman–Crippen LogP) is 8.87. The molecule has 246 valence electrons. The number of hydrogen-bond acceptors (Lipinski definition) is 3. The summed E-state index contributed by atoms with van der Waals surface area (Å²) in [6.45, 7) is 6.53. The van der Waals surface area contributed by atoms with E-state index in [-0.39, 0.29) is 20.1 Å². The van der Waals surface area contributed by atoms with Crippen molar-refractivity contribution in [3.05, 3.63) is 145 Å². The summed E-state index contributed by atoms with van der Waals surface area (Å²) in [5.41, 5.74) is 15.6. The van der Waals surface area contributed by atoms with Crippen molar-refractivity contribution < 1.29 is 24.7 Å². The van der Waals surface area contributed by atoms with Crippen LogP contribution in [-0.2, 0) is 40.0 Å². The third-order valence-electron chi connectivity index (χ3n) is 9.95. The number of rotatable bonds is 3. The Morgan fingerprint density at radius 1 is 0.840 bits per heavy atom. The molecule has 5 heterocycles. The number of nitrogens with zero attached hydrogens (tertiary/aromatic N) is 5. The minimum absolute atomic E-state index is 0. The monoisotopic (exact) mass is 829 g/mol. The number of anilines is 1. The number of aromatic nitrogens is 4. The minimum Gasteiger partial charge on any atom is -0.510 e. The molecule has 7 heteroatoms. The Balaban J connectivity index is 0.000000162. The zero-order chi connectivity index (χ0) is 33.2. The van der Waals surface area contributed by atoms with E-state index in [0.717, 1.165) is 46.3 Å². The van der Waals surface area contributed by atoms with Gasteiger partial charge in [0.15, 0.2) is 11.0 Å². The van der Waals surface area contributed by atoms with E-state index < -0.39 is 0 Å². The molecule has 0 unspecified atom stereocenters. The van der Waals surface area contributed by atoms with Gasteiger partial charge in [0, 0.05) is 29.0 Å². The molecule has 10 rings (SSSR count). The summed E-state index contributed by atoms with van der Waals surface area (Å²) in [5.74, 6) is 0. The number of imidazole rings is 2. The summed E-state index contributed by atoms with van der Waals surface area (Å²) in [5, 5.41) is 3.45. The molecule has 50 heavy (non-hydrogen) atoms. The van der Waals surface area contributed by atoms with Crippen molar-refractivity contribution in [2.45, 2.75) is 26.7 Å². The van der Waals surface area contributed by atoms with Crippen LogP contribution in [0.4, 0.5) is 5.69 Å². The fourth-order valence-electron chi connectivity index (χ4n) is 7.61. The summed E-state index contributed by atoms with van der Waals surface area (Å²) in [7, 11) is 4.12. The molecule has 5 aromatic carbocycles. The number of hydrogen-bond donors (Lipinski definition) is 1. The summed E-state index contributed by atoms with van der Waals surface area (Å²) < 4.78 is 4.38. The van der Waals surface area contributed by atoms with Crippen molar-refractivity contribution in [2.24, 2.45) is 7.05 Å². The van der Waals surface area contributed by atoms with Crippen LogP contribution in [0, 0.1) is 18.8 Å². The standard InChI is InChI=1S/C27H23N4.C16H12N2.Ir/c1-4-17-9-8-10-18(5-2)26(17)23-15-31-24-14-25-22(28-16-30(25)3)13-21(24)19-11-6-7-12-20(19)27(31)29-23;1-17-10-16-14-8-3-2-6-12(14)13-7-4-5-9-15(13)18(16)11-17;/h6-11,13-16H,4-5H2,1-3H3;2-8,10-11H,1H3;/q-1;-2;+3/p+1. The smallest absolute Gasteiger partial charge is 0.510 e. The van der Waals surface area contributed by atoms with Gasteiger partial charge in [-0.15, -0.1) is 35.2 Å². The molecule has 0 spiro atoms. The first kappa shape index (κ1) is 32.0. The van der Waals surface area contributed by atoms with E-state index in [1.807, 2.05) is 24.5 Å². The Bertz CT molecular complexity index is 2590. The number of nitrogens with one attached hydrogen (secondary N) is 1. The third-order valence-corrected chi connectivity index (χ3v) is 9.95. The van der Waals surface area contributed by atoms with Crippen molar-refractivity contribution in [3.8, 4) is 22.4 Å². The average Bonchev–Trinajstić information content (AvgIpc) is 3.88. The maximum Gasteiger partial charge on any atom is 3.00 e. The molecule has 2 aliphatic rings. The Labute approximate surface area is 305 Å². The summed E-state index contributed by atoms with van der Waals surface area (Å²) in [6, 6.07) is 38.9. The molecular weight excluding hydrogens is 793 g/mol. The van der Waals surface area contributed by atoms with E-state index in [4.69, 9.17) is 4.98 Å². The average molecular weight is 829 g/mol. The second-order valence-electron chi connectivity index (χ2n) is 12.9. The molecule has 0 aliphatic carbocycles. The van der Waals surface area contributed by atoms with Crippen LogP contribution < -0.4 is 9.47 Å². The van der Waals surface area contributed by atoms with Gasteiger partial charge in [-0.25, -0.2) is 9.55 Å². The van der Waals surface area contributed by atoms with Gasteiger partial charge in [0.2, 0.25) is 6.33 Å². The first-order valence-corrected chi connectivity index (χ1v) is 17.0. The van der Waals surface area contributed by atoms with Crippen molar-refractivity contribution in [1.29, 1.82) is 0 Å². The number of pyridine rings is 1. The third kappa shape index (κ3) is 4.95. The summed E-state index contributed by atoms with van der Waals surface area (Å²) in [6.07, 6.45) is 8.35. The molecule has 3 aromatic heterocycles. The van der Waals surface area contributed by atoms with Crippen LogP contribution in [0.15, 0.2) is 110 Å². The number of H-pyrrole nitrogens is 1. The van der Waals surface area contributed by atoms with Crippen LogP contribution in [0.25, 0.3) is 66.4 Å². The molecule has 0 bridgehead atoms. The second kappa shape index (κ2) is 12.6. The van der Waals surface area contributed by atoms with Crippen LogP contribution >= 0.6 is 0 Å². The van der Waals surface area contributed by atoms with E-state index in [1.54, 1.807) is 0 Å². The van der Waals surface area contributed by atoms with Crippen LogP contribution in [-0.4, -0.2) is 26.3 Å². The number of benzene rings is 5. The van der Waals surface area contributed by atoms with Crippen LogP contribution in [0.3, 0.4) is 0 Å². The van der Waals surface area contributed by atoms with Gasteiger partial charge in [-0.2, -0.15) is 30.9 Å². The van der Waals surface area contributed by atoms with E-state index in [2.05, 4.69) is 156 Å². The van der Waals surface area contributed by atoms with Gasteiger partial charge in [0.05, 0.1) is 18.4 Å². The first-order valence-electron chi connectivity index (χ1n) is 17.0. The number of fused-ring (bicyclic) bond motifs is 13. The fraction of sp³-hybridized carbons (Fsp3) is 0.140. The summed E-state index contributed by atoms with van der Waals surface area (Å²) >= 11 is 0. The molecule has 0 saturated heterocycles. The molecule has 0 radical (unpaired) electrons. The van der Waals surface area contributed by atoms with Crippen molar-refractivity contribution in [2.75, 3.05) is 11.9 Å². The van der Waals surface area contributed by atoms with E-state index >= 15 is 0 Å². The molecule has 2 aliphatic heterocycles. The molecule has 6 nitrogen and oxygen atoms in total. The number of para-hydroxylation sites is 1. The van der Waals surface area contributed by atoms with Gasteiger partial charge in [-0.05, 0) is 54.2 Å². The van der Waals surface area contributed by atoms with Gasteiger partial charge in [-0.3, -0.25) is 4.98 Å². The summed E-state index contributed by atoms with van der Waals surface area (Å²) in [4.78, 5) is 12.9. The fourth-order valence-corrected chi connectivity index (χ4v) is 7.61. The molecule has 0 amide bonds.